The van der Waals surface area contributed by atoms with E-state index in [1.807, 2.05) is 72.8 Å². The molecule has 32 heavy (non-hydrogen) atoms. The lowest BCUT2D eigenvalue weighted by Gasteiger charge is -2.45. The molecule has 1 heterocycles. The van der Waals surface area contributed by atoms with Crippen LogP contribution < -0.4 is 14.2 Å². The van der Waals surface area contributed by atoms with Crippen molar-refractivity contribution in [1.29, 1.82) is 0 Å². The first-order chi connectivity index (χ1) is 15.6. The molecule has 3 aromatic rings. The zero-order valence-electron chi connectivity index (χ0n) is 18.0. The number of hydrogen-bond acceptors (Lipinski definition) is 5. The number of ketones is 1. The predicted molar refractivity (Wildman–Crippen MR) is 119 cm³/mol. The highest BCUT2D eigenvalue weighted by Gasteiger charge is 2.62. The third-order valence-corrected chi connectivity index (χ3v) is 6.83. The van der Waals surface area contributed by atoms with Gasteiger partial charge in [0, 0.05) is 30.2 Å². The molecule has 0 amide bonds. The molecule has 2 atom stereocenters. The van der Waals surface area contributed by atoms with Gasteiger partial charge in [0.05, 0.1) is 14.2 Å². The van der Waals surface area contributed by atoms with Gasteiger partial charge in [-0.2, -0.15) is 0 Å². The Hall–Kier alpha value is -3.60. The Morgan fingerprint density at radius 2 is 1.34 bits per heavy atom. The molecule has 1 aliphatic heterocycles. The van der Waals surface area contributed by atoms with Crippen molar-refractivity contribution in [2.24, 2.45) is 0 Å². The van der Waals surface area contributed by atoms with Crippen LogP contribution in [0.4, 0.5) is 0 Å². The Morgan fingerprint density at radius 1 is 0.781 bits per heavy atom. The van der Waals surface area contributed by atoms with Gasteiger partial charge in [-0.05, 0) is 41.5 Å². The molecule has 5 nitrogen and oxygen atoms in total. The normalized spacial score (nSPS) is 21.2. The fraction of sp³-hybridized carbons (Fsp3) is 0.259. The van der Waals surface area contributed by atoms with Crippen LogP contribution in [-0.4, -0.2) is 26.0 Å². The Kier molecular flexibility index (Phi) is 4.97. The van der Waals surface area contributed by atoms with E-state index in [0.29, 0.717) is 17.2 Å². The second-order valence-corrected chi connectivity index (χ2v) is 8.36. The summed E-state index contributed by atoms with van der Waals surface area (Å²) in [6.45, 7) is 0. The highest BCUT2D eigenvalue weighted by molar-refractivity contribution is 5.97. The lowest BCUT2D eigenvalue weighted by molar-refractivity contribution is -0.142. The Balaban J connectivity index is 1.78. The van der Waals surface area contributed by atoms with Crippen LogP contribution in [0.2, 0.25) is 0 Å². The van der Waals surface area contributed by atoms with Gasteiger partial charge in [0.15, 0.2) is 0 Å². The Bertz CT molecular complexity index is 1140. The number of fused-ring (bicyclic) bond motifs is 2. The van der Waals surface area contributed by atoms with Crippen LogP contribution in [0.1, 0.15) is 41.4 Å². The average molecular weight is 428 g/mol. The number of ether oxygens (including phenoxy) is 3. The highest BCUT2D eigenvalue weighted by Crippen LogP contribution is 2.60. The van der Waals surface area contributed by atoms with Gasteiger partial charge in [0.2, 0.25) is 0 Å². The van der Waals surface area contributed by atoms with Gasteiger partial charge in [-0.15, -0.1) is 0 Å². The molecule has 1 saturated carbocycles. The quantitative estimate of drug-likeness (QED) is 0.442. The van der Waals surface area contributed by atoms with Crippen LogP contribution in [0.25, 0.3) is 0 Å². The van der Waals surface area contributed by atoms with Crippen LogP contribution in [0.3, 0.4) is 0 Å². The SMILES string of the molecule is COc1cccc([C@H]2CC(=O)C[C@H](c3cccc(OC)c3)C23C(=O)Oc2ccccc23)c1. The van der Waals surface area contributed by atoms with Crippen molar-refractivity contribution in [3.63, 3.8) is 0 Å². The van der Waals surface area contributed by atoms with Gasteiger partial charge in [-0.25, -0.2) is 0 Å². The molecular formula is C27H24O5. The number of hydrogen-bond donors (Lipinski definition) is 0. The lowest BCUT2D eigenvalue weighted by atomic mass is 9.54. The summed E-state index contributed by atoms with van der Waals surface area (Å²) in [6.07, 6.45) is 0.522. The number of carbonyl (C=O) groups is 2. The summed E-state index contributed by atoms with van der Waals surface area (Å²) in [5.41, 5.74) is 1.58. The van der Waals surface area contributed by atoms with Gasteiger partial charge in [-0.3, -0.25) is 9.59 Å². The van der Waals surface area contributed by atoms with E-state index in [1.165, 1.54) is 0 Å². The fourth-order valence-electron chi connectivity index (χ4n) is 5.43. The fourth-order valence-corrected chi connectivity index (χ4v) is 5.43. The largest absolute Gasteiger partial charge is 0.497 e. The predicted octanol–water partition coefficient (Wildman–Crippen LogP) is 4.79. The van der Waals surface area contributed by atoms with Crippen LogP contribution in [-0.2, 0) is 15.0 Å². The van der Waals surface area contributed by atoms with E-state index in [2.05, 4.69) is 0 Å². The first-order valence-electron chi connectivity index (χ1n) is 10.7. The van der Waals surface area contributed by atoms with Crippen molar-refractivity contribution >= 4 is 11.8 Å². The van der Waals surface area contributed by atoms with E-state index in [1.54, 1.807) is 14.2 Å². The van der Waals surface area contributed by atoms with Crippen molar-refractivity contribution < 1.29 is 23.8 Å². The second kappa shape index (κ2) is 7.83. The van der Waals surface area contributed by atoms with Gasteiger partial charge in [0.1, 0.15) is 28.4 Å². The number of para-hydroxylation sites is 1. The van der Waals surface area contributed by atoms with E-state index < -0.39 is 5.41 Å². The van der Waals surface area contributed by atoms with Crippen molar-refractivity contribution in [3.8, 4) is 17.2 Å². The highest BCUT2D eigenvalue weighted by atomic mass is 16.5. The Morgan fingerprint density at radius 3 is 1.91 bits per heavy atom. The van der Waals surface area contributed by atoms with E-state index in [9.17, 15) is 9.59 Å². The molecule has 0 radical (unpaired) electrons. The third-order valence-electron chi connectivity index (χ3n) is 6.83. The van der Waals surface area contributed by atoms with E-state index in [4.69, 9.17) is 14.2 Å². The molecule has 2 aliphatic rings. The maximum atomic E-state index is 13.8. The van der Waals surface area contributed by atoms with E-state index in [0.717, 1.165) is 16.7 Å². The van der Waals surface area contributed by atoms with E-state index >= 15 is 0 Å². The molecule has 0 aromatic heterocycles. The van der Waals surface area contributed by atoms with Gasteiger partial charge in [0.25, 0.3) is 0 Å². The smallest absolute Gasteiger partial charge is 0.323 e. The van der Waals surface area contributed by atoms with E-state index in [-0.39, 0.29) is 36.4 Å². The summed E-state index contributed by atoms with van der Waals surface area (Å²) in [6, 6.07) is 22.8. The van der Waals surface area contributed by atoms with Crippen molar-refractivity contribution in [2.75, 3.05) is 14.2 Å². The number of benzene rings is 3. The first-order valence-corrected chi connectivity index (χ1v) is 10.7. The third kappa shape index (κ3) is 3.00. The maximum Gasteiger partial charge on any atom is 0.323 e. The number of rotatable bonds is 4. The molecule has 1 aliphatic carbocycles. The molecule has 5 rings (SSSR count). The first kappa shape index (κ1) is 20.3. The lowest BCUT2D eigenvalue weighted by Crippen LogP contribution is -2.49. The molecular weight excluding hydrogens is 404 g/mol. The second-order valence-electron chi connectivity index (χ2n) is 8.36. The number of esters is 1. The molecule has 3 aromatic carbocycles. The number of Topliss-reactive ketones (excluding diaryl/α,β-unsaturated/α-hetero) is 1. The topological polar surface area (TPSA) is 61.8 Å². The molecule has 0 unspecified atom stereocenters. The van der Waals surface area contributed by atoms with Crippen LogP contribution in [0, 0.1) is 0 Å². The minimum atomic E-state index is -1.02. The molecule has 162 valence electrons. The zero-order chi connectivity index (χ0) is 22.3. The van der Waals surface area contributed by atoms with Gasteiger partial charge < -0.3 is 14.2 Å². The van der Waals surface area contributed by atoms with Crippen molar-refractivity contribution in [1.82, 2.24) is 0 Å². The molecule has 0 saturated heterocycles. The molecule has 5 heteroatoms. The minimum Gasteiger partial charge on any atom is -0.497 e. The van der Waals surface area contributed by atoms with Gasteiger partial charge in [-0.1, -0.05) is 42.5 Å². The number of carbonyl (C=O) groups excluding carboxylic acids is 2. The summed E-state index contributed by atoms with van der Waals surface area (Å²) in [5.74, 6) is 0.979. The standard InChI is InChI=1S/C27H24O5/c1-30-20-9-5-7-17(13-20)23-15-19(28)16-24(18-8-6-10-21(14-18)31-2)27(23)22-11-3-4-12-25(22)32-26(27)29/h3-14,23-24H,15-16H2,1-2H3/t23-,24-/m1/s1. The van der Waals surface area contributed by atoms with Crippen molar-refractivity contribution in [2.45, 2.75) is 30.1 Å². The monoisotopic (exact) mass is 428 g/mol. The molecule has 0 bridgehead atoms. The maximum absolute atomic E-state index is 13.8. The van der Waals surface area contributed by atoms with Crippen molar-refractivity contribution in [3.05, 3.63) is 89.5 Å². The molecule has 0 N–H and O–H groups in total. The number of methoxy groups -OCH3 is 2. The summed E-state index contributed by atoms with van der Waals surface area (Å²) in [4.78, 5) is 26.9. The van der Waals surface area contributed by atoms with Gasteiger partial charge >= 0.3 is 5.97 Å². The summed E-state index contributed by atoms with van der Waals surface area (Å²) in [7, 11) is 3.22. The average Bonchev–Trinajstić information content (AvgIpc) is 3.12. The van der Waals surface area contributed by atoms with Crippen LogP contribution in [0.5, 0.6) is 17.2 Å². The van der Waals surface area contributed by atoms with Crippen LogP contribution in [0.15, 0.2) is 72.8 Å². The summed E-state index contributed by atoms with van der Waals surface area (Å²) >= 11 is 0. The molecule has 1 fully saturated rings. The molecule has 1 spiro atoms. The minimum absolute atomic E-state index is 0.119. The van der Waals surface area contributed by atoms with Crippen LogP contribution >= 0.6 is 0 Å². The summed E-state index contributed by atoms with van der Waals surface area (Å²) < 4.78 is 16.7. The zero-order valence-corrected chi connectivity index (χ0v) is 18.0. The summed E-state index contributed by atoms with van der Waals surface area (Å²) in [5, 5.41) is 0. The Labute approximate surface area is 186 Å².